The lowest BCUT2D eigenvalue weighted by molar-refractivity contribution is -0.147. The van der Waals surface area contributed by atoms with Gasteiger partial charge in [0.05, 0.1) is 42.7 Å². The van der Waals surface area contributed by atoms with Crippen molar-refractivity contribution in [3.05, 3.63) is 47.5 Å². The molecule has 0 saturated heterocycles. The molecule has 0 spiro atoms. The molecule has 1 saturated carbocycles. The SMILES string of the molecule is CC(C)OC(=O)CCC/C=C/CC1C(O)CC(OP)C1OCC(CCc1cccc(C(F)(F)F)c1)OP. The smallest absolute Gasteiger partial charge is 0.416 e. The molecule has 0 aliphatic heterocycles. The van der Waals surface area contributed by atoms with E-state index in [1.54, 1.807) is 6.07 Å². The van der Waals surface area contributed by atoms with Crippen molar-refractivity contribution in [3.8, 4) is 0 Å². The van der Waals surface area contributed by atoms with Crippen LogP contribution in [0.4, 0.5) is 13.2 Å². The Bertz CT molecular complexity index is 852. The third-order valence-electron chi connectivity index (χ3n) is 6.30. The molecule has 1 fully saturated rings. The number of carbonyl (C=O) groups excluding carboxylic acids is 1. The van der Waals surface area contributed by atoms with Crippen LogP contribution in [0.2, 0.25) is 0 Å². The zero-order valence-electron chi connectivity index (χ0n) is 21.4. The highest BCUT2D eigenvalue weighted by Crippen LogP contribution is 2.35. The molecule has 7 unspecified atom stereocenters. The van der Waals surface area contributed by atoms with Gasteiger partial charge in [-0.25, -0.2) is 0 Å². The van der Waals surface area contributed by atoms with Crippen molar-refractivity contribution in [1.82, 2.24) is 0 Å². The number of esters is 1. The van der Waals surface area contributed by atoms with E-state index in [4.69, 9.17) is 18.5 Å². The Morgan fingerprint density at radius 3 is 2.65 bits per heavy atom. The molecular weight excluding hydrogens is 527 g/mol. The zero-order chi connectivity index (χ0) is 27.4. The largest absolute Gasteiger partial charge is 0.463 e. The molecule has 7 atom stereocenters. The molecule has 1 aromatic rings. The second-order valence-corrected chi connectivity index (χ2v) is 10.1. The van der Waals surface area contributed by atoms with Crippen LogP contribution in [0.3, 0.4) is 0 Å². The number of aliphatic hydroxyl groups is 1. The minimum atomic E-state index is -4.38. The van der Waals surface area contributed by atoms with E-state index in [2.05, 4.69) is 18.9 Å². The summed E-state index contributed by atoms with van der Waals surface area (Å²) in [6.07, 6.45) is 1.52. The predicted molar refractivity (Wildman–Crippen MR) is 142 cm³/mol. The van der Waals surface area contributed by atoms with E-state index in [0.29, 0.717) is 44.1 Å². The summed E-state index contributed by atoms with van der Waals surface area (Å²) in [6.45, 7) is 3.85. The average molecular weight is 567 g/mol. The van der Waals surface area contributed by atoms with Crippen molar-refractivity contribution in [2.75, 3.05) is 6.61 Å². The van der Waals surface area contributed by atoms with Gasteiger partial charge in [-0.05, 0) is 57.6 Å². The molecule has 1 aliphatic carbocycles. The standard InChI is InChI=1S/C26H39F3O6P2/c1-17(2)33-24(31)11-6-4-3-5-10-21-22(30)15-23(35-37)25(21)32-16-20(34-36)13-12-18-8-7-9-19(14-18)26(27,28)29/h3,5,7-9,14,17,20-23,25,30H,4,6,10-13,15-16,36-37H2,1-2H3/b5-3+. The van der Waals surface area contributed by atoms with Crippen LogP contribution in [-0.4, -0.2) is 48.2 Å². The number of halogens is 3. The van der Waals surface area contributed by atoms with Gasteiger partial charge in [-0.3, -0.25) is 4.79 Å². The van der Waals surface area contributed by atoms with Gasteiger partial charge in [0.25, 0.3) is 0 Å². The first-order valence-electron chi connectivity index (χ1n) is 12.6. The molecule has 6 nitrogen and oxygen atoms in total. The molecule has 1 N–H and O–H groups in total. The molecule has 1 aliphatic rings. The van der Waals surface area contributed by atoms with Crippen LogP contribution in [0.5, 0.6) is 0 Å². The normalized spacial score (nSPS) is 23.2. The number of hydrogen-bond acceptors (Lipinski definition) is 6. The quantitative estimate of drug-likeness (QED) is 0.125. The Kier molecular flexibility index (Phi) is 14.0. The molecule has 0 bridgehead atoms. The lowest BCUT2D eigenvalue weighted by Gasteiger charge is -2.26. The monoisotopic (exact) mass is 566 g/mol. The Balaban J connectivity index is 1.85. The van der Waals surface area contributed by atoms with Crippen molar-refractivity contribution in [3.63, 3.8) is 0 Å². The molecule has 2 rings (SSSR count). The minimum absolute atomic E-state index is 0.118. The van der Waals surface area contributed by atoms with E-state index in [9.17, 15) is 23.1 Å². The fraction of sp³-hybridized carbons (Fsp3) is 0.654. The van der Waals surface area contributed by atoms with E-state index in [1.165, 1.54) is 6.07 Å². The summed E-state index contributed by atoms with van der Waals surface area (Å²) in [6, 6.07) is 5.28. The Labute approximate surface area is 222 Å². The van der Waals surface area contributed by atoms with Gasteiger partial charge in [-0.1, -0.05) is 30.4 Å². The lowest BCUT2D eigenvalue weighted by Crippen LogP contribution is -2.34. The maximum atomic E-state index is 13.0. The third-order valence-corrected chi connectivity index (χ3v) is 7.04. The predicted octanol–water partition coefficient (Wildman–Crippen LogP) is 5.82. The van der Waals surface area contributed by atoms with E-state index < -0.39 is 17.8 Å². The van der Waals surface area contributed by atoms with Gasteiger partial charge in [0.2, 0.25) is 0 Å². The molecular formula is C26H39F3O6P2. The van der Waals surface area contributed by atoms with E-state index >= 15 is 0 Å². The van der Waals surface area contributed by atoms with Crippen LogP contribution in [0.25, 0.3) is 0 Å². The average Bonchev–Trinajstić information content (AvgIpc) is 3.14. The van der Waals surface area contributed by atoms with Crippen LogP contribution in [0.15, 0.2) is 36.4 Å². The van der Waals surface area contributed by atoms with E-state index in [1.807, 2.05) is 26.0 Å². The fourth-order valence-electron chi connectivity index (χ4n) is 4.39. The number of carbonyl (C=O) groups is 1. The van der Waals surface area contributed by atoms with Gasteiger partial charge in [-0.2, -0.15) is 13.2 Å². The number of benzene rings is 1. The number of rotatable bonds is 15. The van der Waals surface area contributed by atoms with Crippen LogP contribution in [0.1, 0.15) is 63.5 Å². The molecule has 210 valence electrons. The van der Waals surface area contributed by atoms with Crippen LogP contribution in [-0.2, 0) is 35.9 Å². The minimum Gasteiger partial charge on any atom is -0.463 e. The summed E-state index contributed by atoms with van der Waals surface area (Å²) in [7, 11) is 4.42. The van der Waals surface area contributed by atoms with Crippen molar-refractivity contribution in [2.45, 2.75) is 95.5 Å². The van der Waals surface area contributed by atoms with E-state index in [-0.39, 0.29) is 42.9 Å². The molecule has 1 aromatic carbocycles. The molecule has 37 heavy (non-hydrogen) atoms. The molecule has 0 heterocycles. The first-order valence-corrected chi connectivity index (χ1v) is 13.5. The Morgan fingerprint density at radius 2 is 2.00 bits per heavy atom. The first-order chi connectivity index (χ1) is 17.5. The van der Waals surface area contributed by atoms with Gasteiger partial charge in [-0.15, -0.1) is 0 Å². The summed E-state index contributed by atoms with van der Waals surface area (Å²) < 4.78 is 61.1. The highest BCUT2D eigenvalue weighted by molar-refractivity contribution is 7.10. The van der Waals surface area contributed by atoms with Gasteiger partial charge in [0.1, 0.15) is 0 Å². The lowest BCUT2D eigenvalue weighted by atomic mass is 9.98. The number of unbranched alkanes of at least 4 members (excludes halogenated alkanes) is 1. The molecule has 0 aromatic heterocycles. The third kappa shape index (κ3) is 11.3. The number of allylic oxidation sites excluding steroid dienone is 2. The topological polar surface area (TPSA) is 74.2 Å². The Morgan fingerprint density at radius 1 is 1.24 bits per heavy atom. The number of ether oxygens (including phenoxy) is 2. The van der Waals surface area contributed by atoms with Crippen molar-refractivity contribution < 1.29 is 41.6 Å². The van der Waals surface area contributed by atoms with Crippen molar-refractivity contribution >= 4 is 24.9 Å². The van der Waals surface area contributed by atoms with Crippen LogP contribution < -0.4 is 0 Å². The Hall–Kier alpha value is -1.08. The van der Waals surface area contributed by atoms with Crippen LogP contribution in [0, 0.1) is 5.92 Å². The highest BCUT2D eigenvalue weighted by Gasteiger charge is 2.43. The van der Waals surface area contributed by atoms with Gasteiger partial charge < -0.3 is 23.6 Å². The maximum absolute atomic E-state index is 13.0. The molecule has 0 amide bonds. The first kappa shape index (κ1) is 32.1. The summed E-state index contributed by atoms with van der Waals surface area (Å²) in [5.74, 6) is -0.385. The highest BCUT2D eigenvalue weighted by atomic mass is 31.0. The summed E-state index contributed by atoms with van der Waals surface area (Å²) >= 11 is 0. The van der Waals surface area contributed by atoms with Crippen LogP contribution >= 0.6 is 18.9 Å². The molecule has 0 radical (unpaired) electrons. The summed E-state index contributed by atoms with van der Waals surface area (Å²) in [5.41, 5.74) is -0.0961. The fourth-order valence-corrected chi connectivity index (χ4v) is 4.87. The number of hydrogen-bond donors (Lipinski definition) is 1. The second kappa shape index (κ2) is 16.1. The van der Waals surface area contributed by atoms with E-state index in [0.717, 1.165) is 18.6 Å². The number of aliphatic hydroxyl groups excluding tert-OH is 1. The second-order valence-electron chi connectivity index (χ2n) is 9.57. The van der Waals surface area contributed by atoms with Gasteiger partial charge in [0.15, 0.2) is 0 Å². The van der Waals surface area contributed by atoms with Gasteiger partial charge >= 0.3 is 12.1 Å². The van der Waals surface area contributed by atoms with Crippen molar-refractivity contribution in [1.29, 1.82) is 0 Å². The van der Waals surface area contributed by atoms with Gasteiger partial charge in [0, 0.05) is 37.7 Å². The molecule has 11 heteroatoms. The number of aryl methyl sites for hydroxylation is 1. The summed E-state index contributed by atoms with van der Waals surface area (Å²) in [4.78, 5) is 11.6. The zero-order valence-corrected chi connectivity index (χ0v) is 23.7. The summed E-state index contributed by atoms with van der Waals surface area (Å²) in [5, 5.41) is 10.6. The maximum Gasteiger partial charge on any atom is 0.416 e. The van der Waals surface area contributed by atoms with Crippen molar-refractivity contribution in [2.24, 2.45) is 5.92 Å². The number of alkyl halides is 3.